The Morgan fingerprint density at radius 1 is 1.06 bits per heavy atom. The van der Waals surface area contributed by atoms with Crippen molar-refractivity contribution < 1.29 is 14.3 Å². The highest BCUT2D eigenvalue weighted by molar-refractivity contribution is 5.74. The molecule has 0 aliphatic carbocycles. The van der Waals surface area contributed by atoms with E-state index in [2.05, 4.69) is 20.8 Å². The zero-order valence-corrected chi connectivity index (χ0v) is 12.5. The third-order valence-corrected chi connectivity index (χ3v) is 3.18. The van der Waals surface area contributed by atoms with Crippen LogP contribution in [0.2, 0.25) is 0 Å². The van der Waals surface area contributed by atoms with Crippen molar-refractivity contribution in [3.63, 3.8) is 0 Å². The van der Waals surface area contributed by atoms with E-state index in [0.717, 1.165) is 19.3 Å². The summed E-state index contributed by atoms with van der Waals surface area (Å²) in [4.78, 5) is 11.7. The number of rotatable bonds is 11. The van der Waals surface area contributed by atoms with Gasteiger partial charge in [-0.3, -0.25) is 0 Å². The molecule has 3 nitrogen and oxygen atoms in total. The van der Waals surface area contributed by atoms with Gasteiger partial charge in [0.05, 0.1) is 13.2 Å². The molecule has 0 bridgehead atoms. The molecule has 2 atom stereocenters. The van der Waals surface area contributed by atoms with Crippen molar-refractivity contribution in [2.24, 2.45) is 5.92 Å². The lowest BCUT2D eigenvalue weighted by Crippen LogP contribution is -2.28. The molecular weight excluding hydrogens is 228 g/mol. The summed E-state index contributed by atoms with van der Waals surface area (Å²) in [5.41, 5.74) is 0. The number of hydrogen-bond donors (Lipinski definition) is 0. The lowest BCUT2D eigenvalue weighted by molar-refractivity contribution is -0.158. The van der Waals surface area contributed by atoms with Crippen LogP contribution in [0.1, 0.15) is 66.2 Å². The molecule has 0 saturated carbocycles. The van der Waals surface area contributed by atoms with Crippen LogP contribution in [0.15, 0.2) is 0 Å². The van der Waals surface area contributed by atoms with Gasteiger partial charge in [-0.05, 0) is 25.7 Å². The van der Waals surface area contributed by atoms with Crippen LogP contribution in [0.5, 0.6) is 0 Å². The lowest BCUT2D eigenvalue weighted by Gasteiger charge is -2.20. The second-order valence-electron chi connectivity index (χ2n) is 4.78. The van der Waals surface area contributed by atoms with Crippen LogP contribution >= 0.6 is 0 Å². The first-order valence-corrected chi connectivity index (χ1v) is 7.47. The van der Waals surface area contributed by atoms with Gasteiger partial charge >= 0.3 is 5.97 Å². The molecule has 0 spiro atoms. The lowest BCUT2D eigenvalue weighted by atomic mass is 10.0. The molecule has 0 aromatic heterocycles. The fraction of sp³-hybridized carbons (Fsp3) is 0.933. The van der Waals surface area contributed by atoms with Crippen molar-refractivity contribution >= 4 is 5.97 Å². The van der Waals surface area contributed by atoms with E-state index in [-0.39, 0.29) is 12.1 Å². The Kier molecular flexibility index (Phi) is 11.2. The SMILES string of the molecule is CCCCC(CC)COC(CCC)C(=O)OCC. The maximum atomic E-state index is 11.7. The van der Waals surface area contributed by atoms with Gasteiger partial charge in [-0.25, -0.2) is 4.79 Å². The van der Waals surface area contributed by atoms with Gasteiger partial charge in [0.2, 0.25) is 0 Å². The van der Waals surface area contributed by atoms with E-state index < -0.39 is 0 Å². The first kappa shape index (κ1) is 17.4. The summed E-state index contributed by atoms with van der Waals surface area (Å²) >= 11 is 0. The van der Waals surface area contributed by atoms with Gasteiger partial charge in [-0.15, -0.1) is 0 Å². The minimum absolute atomic E-state index is 0.204. The van der Waals surface area contributed by atoms with Crippen LogP contribution in [0.25, 0.3) is 0 Å². The molecule has 0 aromatic rings. The molecule has 0 amide bonds. The van der Waals surface area contributed by atoms with E-state index in [0.29, 0.717) is 19.1 Å². The van der Waals surface area contributed by atoms with E-state index in [4.69, 9.17) is 9.47 Å². The first-order chi connectivity index (χ1) is 8.69. The molecule has 3 heteroatoms. The molecule has 0 rings (SSSR count). The molecule has 0 heterocycles. The van der Waals surface area contributed by atoms with Gasteiger partial charge in [0.1, 0.15) is 0 Å². The largest absolute Gasteiger partial charge is 0.464 e. The van der Waals surface area contributed by atoms with Crippen molar-refractivity contribution in [3.05, 3.63) is 0 Å². The number of hydrogen-bond acceptors (Lipinski definition) is 3. The maximum Gasteiger partial charge on any atom is 0.335 e. The van der Waals surface area contributed by atoms with Gasteiger partial charge in [0.15, 0.2) is 6.10 Å². The third kappa shape index (κ3) is 7.70. The molecular formula is C15H30O3. The number of carbonyl (C=O) groups excluding carboxylic acids is 1. The van der Waals surface area contributed by atoms with Gasteiger partial charge in [-0.1, -0.05) is 46.5 Å². The fourth-order valence-corrected chi connectivity index (χ4v) is 1.92. The van der Waals surface area contributed by atoms with Crippen LogP contribution in [-0.4, -0.2) is 25.3 Å². The van der Waals surface area contributed by atoms with Gasteiger partial charge in [0.25, 0.3) is 0 Å². The smallest absolute Gasteiger partial charge is 0.335 e. The highest BCUT2D eigenvalue weighted by Gasteiger charge is 2.20. The Bertz CT molecular complexity index is 204. The highest BCUT2D eigenvalue weighted by Crippen LogP contribution is 2.15. The molecule has 0 aliphatic rings. The Labute approximate surface area is 112 Å². The zero-order valence-electron chi connectivity index (χ0n) is 12.5. The summed E-state index contributed by atoms with van der Waals surface area (Å²) in [5, 5.41) is 0. The van der Waals surface area contributed by atoms with Gasteiger partial charge in [-0.2, -0.15) is 0 Å². The third-order valence-electron chi connectivity index (χ3n) is 3.18. The van der Waals surface area contributed by atoms with Crippen molar-refractivity contribution in [2.75, 3.05) is 13.2 Å². The Balaban J connectivity index is 4.10. The van der Waals surface area contributed by atoms with Crippen LogP contribution in [0.3, 0.4) is 0 Å². The minimum atomic E-state index is -0.370. The quantitative estimate of drug-likeness (QED) is 0.526. The molecule has 0 radical (unpaired) electrons. The summed E-state index contributed by atoms with van der Waals surface area (Å²) in [6, 6.07) is 0. The Morgan fingerprint density at radius 2 is 1.78 bits per heavy atom. The molecule has 0 aromatic carbocycles. The molecule has 108 valence electrons. The van der Waals surface area contributed by atoms with Crippen LogP contribution in [0, 0.1) is 5.92 Å². The Morgan fingerprint density at radius 3 is 2.28 bits per heavy atom. The molecule has 18 heavy (non-hydrogen) atoms. The van der Waals surface area contributed by atoms with Gasteiger partial charge < -0.3 is 9.47 Å². The Hall–Kier alpha value is -0.570. The second kappa shape index (κ2) is 11.5. The van der Waals surface area contributed by atoms with E-state index in [9.17, 15) is 4.79 Å². The topological polar surface area (TPSA) is 35.5 Å². The van der Waals surface area contributed by atoms with Gasteiger partial charge in [0, 0.05) is 0 Å². The molecule has 0 saturated heterocycles. The number of ether oxygens (including phenoxy) is 2. The number of esters is 1. The maximum absolute atomic E-state index is 11.7. The van der Waals surface area contributed by atoms with Crippen LogP contribution in [0.4, 0.5) is 0 Å². The minimum Gasteiger partial charge on any atom is -0.464 e. The van der Waals surface area contributed by atoms with E-state index in [1.54, 1.807) is 0 Å². The van der Waals surface area contributed by atoms with E-state index in [1.807, 2.05) is 6.92 Å². The molecule has 0 N–H and O–H groups in total. The average Bonchev–Trinajstić information content (AvgIpc) is 2.37. The van der Waals surface area contributed by atoms with Crippen molar-refractivity contribution in [2.45, 2.75) is 72.3 Å². The monoisotopic (exact) mass is 258 g/mol. The zero-order chi connectivity index (χ0) is 13.8. The predicted octanol–water partition coefficient (Wildman–Crippen LogP) is 3.95. The van der Waals surface area contributed by atoms with Crippen molar-refractivity contribution in [1.82, 2.24) is 0 Å². The number of carbonyl (C=O) groups is 1. The summed E-state index contributed by atoms with van der Waals surface area (Å²) in [5.74, 6) is 0.364. The predicted molar refractivity (Wildman–Crippen MR) is 74.6 cm³/mol. The number of unbranched alkanes of at least 4 members (excludes halogenated alkanes) is 1. The standard InChI is InChI=1S/C15H30O3/c1-5-9-11-13(7-3)12-18-14(10-6-2)15(16)17-8-4/h13-14H,5-12H2,1-4H3. The highest BCUT2D eigenvalue weighted by atomic mass is 16.6. The summed E-state index contributed by atoms with van der Waals surface area (Å²) in [7, 11) is 0. The van der Waals surface area contributed by atoms with Crippen molar-refractivity contribution in [1.29, 1.82) is 0 Å². The second-order valence-corrected chi connectivity index (χ2v) is 4.78. The van der Waals surface area contributed by atoms with E-state index in [1.165, 1.54) is 19.3 Å². The molecule has 0 aliphatic heterocycles. The normalized spacial score (nSPS) is 14.2. The van der Waals surface area contributed by atoms with Crippen LogP contribution < -0.4 is 0 Å². The van der Waals surface area contributed by atoms with Crippen molar-refractivity contribution in [3.8, 4) is 0 Å². The average molecular weight is 258 g/mol. The van der Waals surface area contributed by atoms with E-state index >= 15 is 0 Å². The summed E-state index contributed by atoms with van der Waals surface area (Å²) in [6.07, 6.45) is 6.08. The van der Waals surface area contributed by atoms with Crippen LogP contribution in [-0.2, 0) is 14.3 Å². The molecule has 2 unspecified atom stereocenters. The summed E-state index contributed by atoms with van der Waals surface area (Å²) in [6.45, 7) is 9.38. The molecule has 0 fully saturated rings. The summed E-state index contributed by atoms with van der Waals surface area (Å²) < 4.78 is 10.8. The first-order valence-electron chi connectivity index (χ1n) is 7.47. The fourth-order valence-electron chi connectivity index (χ4n) is 1.92.